The number of aromatic amines is 2. The lowest BCUT2D eigenvalue weighted by molar-refractivity contribution is -0.138. The molecule has 8 rings (SSSR count). The zero-order valence-electron chi connectivity index (χ0n) is 32.2. The van der Waals surface area contributed by atoms with Gasteiger partial charge in [0, 0.05) is 20.1 Å². The molecule has 0 aliphatic carbocycles. The number of likely N-dealkylation sites (tertiary alicyclic amines) is 2. The largest absolute Gasteiger partial charge is 0.465 e. The van der Waals surface area contributed by atoms with E-state index in [1.165, 1.54) is 7.05 Å². The van der Waals surface area contributed by atoms with Crippen LogP contribution in [0.15, 0.2) is 108 Å². The van der Waals surface area contributed by atoms with Crippen molar-refractivity contribution in [2.24, 2.45) is 0 Å². The van der Waals surface area contributed by atoms with Gasteiger partial charge in [-0.2, -0.15) is 11.3 Å². The molecule has 13 heteroatoms. The number of amides is 3. The second kappa shape index (κ2) is 16.2. The summed E-state index contributed by atoms with van der Waals surface area (Å²) < 4.78 is 0. The molecule has 3 aromatic carbocycles. The smallest absolute Gasteiger partial charge is 0.407 e. The predicted octanol–water partition coefficient (Wildman–Crippen LogP) is 8.18. The summed E-state index contributed by atoms with van der Waals surface area (Å²) in [5, 5.41) is 13.9. The van der Waals surface area contributed by atoms with Gasteiger partial charge in [0.25, 0.3) is 5.91 Å². The van der Waals surface area contributed by atoms with Gasteiger partial charge in [-0.1, -0.05) is 78.9 Å². The molecule has 3 N–H and O–H groups in total. The highest BCUT2D eigenvalue weighted by Crippen LogP contribution is 2.37. The molecule has 2 aliphatic heterocycles. The van der Waals surface area contributed by atoms with Crippen LogP contribution in [0.25, 0.3) is 33.6 Å². The molecule has 12 nitrogen and oxygen atoms in total. The first-order valence-corrected chi connectivity index (χ1v) is 20.2. The van der Waals surface area contributed by atoms with Crippen molar-refractivity contribution < 1.29 is 19.5 Å². The van der Waals surface area contributed by atoms with Gasteiger partial charge in [-0.25, -0.2) is 14.8 Å². The SMILES string of the molecule is CN(C)C(C(=O)N1CCC[C@H]1c1ncc(-c2ccc(-c3ccc(-c4cnc([C@@H]5CCCN5C(=O)[C@@H](c5ccccc5)N(C)C(=O)O)[nH]4)cc3)cc2)[nH]1)c1ccsc1. The molecule has 5 heterocycles. The van der Waals surface area contributed by atoms with E-state index in [1.54, 1.807) is 34.6 Å². The summed E-state index contributed by atoms with van der Waals surface area (Å²) in [6, 6.07) is 26.1. The van der Waals surface area contributed by atoms with Crippen molar-refractivity contribution in [3.63, 3.8) is 0 Å². The average Bonchev–Trinajstić information content (AvgIpc) is 4.08. The zero-order valence-corrected chi connectivity index (χ0v) is 33.0. The molecule has 292 valence electrons. The summed E-state index contributed by atoms with van der Waals surface area (Å²) in [7, 11) is 5.34. The molecule has 1 unspecified atom stereocenters. The zero-order chi connectivity index (χ0) is 39.6. The number of likely N-dealkylation sites (N-methyl/N-ethyl adjacent to an activating group) is 2. The molecule has 2 aliphatic rings. The fourth-order valence-electron chi connectivity index (χ4n) is 8.30. The fraction of sp³-hybridized carbons (Fsp3) is 0.295. The first-order valence-electron chi connectivity index (χ1n) is 19.3. The summed E-state index contributed by atoms with van der Waals surface area (Å²) in [6.45, 7) is 1.24. The number of rotatable bonds is 11. The number of hydrogen-bond acceptors (Lipinski definition) is 7. The molecule has 2 fully saturated rings. The van der Waals surface area contributed by atoms with Crippen molar-refractivity contribution in [2.45, 2.75) is 49.9 Å². The third kappa shape index (κ3) is 7.60. The van der Waals surface area contributed by atoms with Crippen LogP contribution in [-0.2, 0) is 9.59 Å². The van der Waals surface area contributed by atoms with Crippen LogP contribution in [0.4, 0.5) is 4.79 Å². The molecule has 0 saturated carbocycles. The Kier molecular flexibility index (Phi) is 10.8. The molecule has 3 amide bonds. The van der Waals surface area contributed by atoms with E-state index in [0.29, 0.717) is 24.5 Å². The van der Waals surface area contributed by atoms with Crippen molar-refractivity contribution in [1.29, 1.82) is 0 Å². The maximum Gasteiger partial charge on any atom is 0.407 e. The molecule has 0 radical (unpaired) electrons. The number of carboxylic acid groups (broad SMARTS) is 1. The quantitative estimate of drug-likeness (QED) is 0.120. The number of thiophene rings is 1. The van der Waals surface area contributed by atoms with Crippen LogP contribution in [0, 0.1) is 0 Å². The predicted molar refractivity (Wildman–Crippen MR) is 220 cm³/mol. The molecule has 3 aromatic heterocycles. The van der Waals surface area contributed by atoms with Gasteiger partial charge < -0.3 is 24.9 Å². The van der Waals surface area contributed by atoms with Crippen molar-refractivity contribution in [3.05, 3.63) is 131 Å². The number of hydrogen-bond donors (Lipinski definition) is 3. The fourth-order valence-corrected chi connectivity index (χ4v) is 8.98. The minimum atomic E-state index is -1.16. The van der Waals surface area contributed by atoms with Crippen LogP contribution in [0.2, 0.25) is 0 Å². The molecule has 57 heavy (non-hydrogen) atoms. The Morgan fingerprint density at radius 1 is 0.684 bits per heavy atom. The number of benzene rings is 3. The molecular weight excluding hydrogens is 737 g/mol. The van der Waals surface area contributed by atoms with E-state index in [1.807, 2.05) is 59.7 Å². The van der Waals surface area contributed by atoms with Crippen LogP contribution < -0.4 is 0 Å². The van der Waals surface area contributed by atoms with Gasteiger partial charge in [0.1, 0.15) is 23.7 Å². The maximum atomic E-state index is 13.9. The highest BCUT2D eigenvalue weighted by atomic mass is 32.1. The minimum Gasteiger partial charge on any atom is -0.465 e. The molecule has 2 saturated heterocycles. The van der Waals surface area contributed by atoms with E-state index in [-0.39, 0.29) is 29.9 Å². The number of carbonyl (C=O) groups is 3. The summed E-state index contributed by atoms with van der Waals surface area (Å²) in [5.74, 6) is 1.35. The average molecular weight is 783 g/mol. The number of H-pyrrole nitrogens is 2. The molecular formula is C44H46N8O4S. The van der Waals surface area contributed by atoms with Crippen molar-refractivity contribution in [3.8, 4) is 33.6 Å². The van der Waals surface area contributed by atoms with Gasteiger partial charge in [0.2, 0.25) is 5.91 Å². The normalized spacial score (nSPS) is 17.9. The lowest BCUT2D eigenvalue weighted by Crippen LogP contribution is -2.43. The standard InChI is InChI=1S/C44H46N8O4S/c1-49(2)38(33-21-24-57-27-33)42(53)51-22-7-11-36(51)40-45-25-34(47-40)30-17-13-28(14-18-30)29-15-19-31(20-16-29)35-26-46-41(48-35)37-12-8-23-52(37)43(54)39(50(3)44(55)56)32-9-5-4-6-10-32/h4-6,9-10,13-21,24-27,36-39H,7-8,11-12,22-23H2,1-3H3,(H,45,47)(H,46,48)(H,55,56)/t36-,37-,38?,39+/m0/s1. The van der Waals surface area contributed by atoms with E-state index in [4.69, 9.17) is 9.97 Å². The number of aromatic nitrogens is 4. The minimum absolute atomic E-state index is 0.0894. The topological polar surface area (TPSA) is 142 Å². The van der Waals surface area contributed by atoms with Crippen molar-refractivity contribution in [2.75, 3.05) is 34.2 Å². The maximum absolute atomic E-state index is 13.9. The Morgan fingerprint density at radius 2 is 1.18 bits per heavy atom. The third-order valence-corrected chi connectivity index (χ3v) is 12.0. The third-order valence-electron chi connectivity index (χ3n) is 11.3. The molecule has 6 aromatic rings. The molecule has 0 spiro atoms. The van der Waals surface area contributed by atoms with Crippen LogP contribution >= 0.6 is 11.3 Å². The van der Waals surface area contributed by atoms with Crippen LogP contribution in [0.1, 0.15) is 72.6 Å². The summed E-state index contributed by atoms with van der Waals surface area (Å²) >= 11 is 1.61. The lowest BCUT2D eigenvalue weighted by atomic mass is 10.0. The van der Waals surface area contributed by atoms with Crippen LogP contribution in [0.3, 0.4) is 0 Å². The van der Waals surface area contributed by atoms with Crippen LogP contribution in [-0.4, -0.2) is 96.8 Å². The van der Waals surface area contributed by atoms with Gasteiger partial charge >= 0.3 is 6.09 Å². The van der Waals surface area contributed by atoms with Gasteiger partial charge in [-0.3, -0.25) is 19.4 Å². The van der Waals surface area contributed by atoms with E-state index in [2.05, 4.69) is 63.9 Å². The Balaban J connectivity index is 0.935. The van der Waals surface area contributed by atoms with Crippen molar-refractivity contribution >= 4 is 29.2 Å². The highest BCUT2D eigenvalue weighted by molar-refractivity contribution is 7.08. The Bertz CT molecular complexity index is 2320. The van der Waals surface area contributed by atoms with Gasteiger partial charge in [0.15, 0.2) is 0 Å². The van der Waals surface area contributed by atoms with E-state index >= 15 is 0 Å². The van der Waals surface area contributed by atoms with E-state index < -0.39 is 12.1 Å². The summed E-state index contributed by atoms with van der Waals surface area (Å²) in [5.41, 5.74) is 7.54. The van der Waals surface area contributed by atoms with E-state index in [0.717, 1.165) is 75.6 Å². The monoisotopic (exact) mass is 782 g/mol. The van der Waals surface area contributed by atoms with Crippen molar-refractivity contribution in [1.82, 2.24) is 39.5 Å². The van der Waals surface area contributed by atoms with Crippen LogP contribution in [0.5, 0.6) is 0 Å². The first-order chi connectivity index (χ1) is 27.7. The van der Waals surface area contributed by atoms with Gasteiger partial charge in [-0.15, -0.1) is 0 Å². The summed E-state index contributed by atoms with van der Waals surface area (Å²) in [6.07, 6.45) is 5.84. The van der Waals surface area contributed by atoms with E-state index in [9.17, 15) is 19.5 Å². The number of nitrogens with zero attached hydrogens (tertiary/aromatic N) is 6. The second-order valence-corrected chi connectivity index (χ2v) is 15.8. The highest BCUT2D eigenvalue weighted by Gasteiger charge is 2.40. The van der Waals surface area contributed by atoms with Gasteiger partial charge in [0.05, 0.1) is 35.9 Å². The number of carbonyl (C=O) groups excluding carboxylic acids is 2. The first kappa shape index (κ1) is 37.9. The lowest BCUT2D eigenvalue weighted by Gasteiger charge is -2.32. The molecule has 0 bridgehead atoms. The summed E-state index contributed by atoms with van der Waals surface area (Å²) in [4.78, 5) is 63.0. The second-order valence-electron chi connectivity index (χ2n) is 15.0. The van der Waals surface area contributed by atoms with Gasteiger partial charge in [-0.05, 0) is 90.0 Å². The number of nitrogens with one attached hydrogen (secondary N) is 2. The molecule has 4 atom stereocenters. The number of imidazole rings is 2. The Labute approximate surface area is 335 Å². The Hall–Kier alpha value is -6.05. The Morgan fingerprint density at radius 3 is 1.63 bits per heavy atom.